The molecule has 1 aliphatic carbocycles. The molecule has 0 radical (unpaired) electrons. The normalized spacial score (nSPS) is 33.6. The molecule has 3 fully saturated rings. The Kier molecular flexibility index (Phi) is 4.33. The first-order valence-corrected chi connectivity index (χ1v) is 9.13. The molecule has 2 saturated heterocycles. The Morgan fingerprint density at radius 3 is 2.45 bits per heavy atom. The lowest BCUT2D eigenvalue weighted by molar-refractivity contribution is 0.0844. The molecule has 2 aliphatic heterocycles. The van der Waals surface area contributed by atoms with Crippen LogP contribution in [0.15, 0.2) is 0 Å². The maximum atomic E-state index is 12.5. The highest BCUT2D eigenvalue weighted by Gasteiger charge is 2.43. The Morgan fingerprint density at radius 2 is 1.85 bits per heavy atom. The molecule has 1 saturated carbocycles. The maximum Gasteiger partial charge on any atom is 0.279 e. The molecule has 0 spiro atoms. The highest BCUT2D eigenvalue weighted by molar-refractivity contribution is 7.87. The first kappa shape index (κ1) is 14.7. The fourth-order valence-corrected chi connectivity index (χ4v) is 4.75. The van der Waals surface area contributed by atoms with E-state index in [4.69, 9.17) is 10.5 Å². The van der Waals surface area contributed by atoms with Crippen molar-refractivity contribution in [2.24, 2.45) is 17.6 Å². The number of nitrogens with zero attached hydrogens (tertiary/aromatic N) is 1. The predicted molar refractivity (Wildman–Crippen MR) is 76.3 cm³/mol. The molecule has 7 heteroatoms. The molecule has 2 atom stereocenters. The van der Waals surface area contributed by atoms with Gasteiger partial charge in [0, 0.05) is 19.7 Å². The van der Waals surface area contributed by atoms with E-state index in [-0.39, 0.29) is 12.1 Å². The zero-order chi connectivity index (χ0) is 14.2. The van der Waals surface area contributed by atoms with E-state index < -0.39 is 10.2 Å². The Morgan fingerprint density at radius 1 is 1.15 bits per heavy atom. The SMILES string of the molecule is NCC1CCN(S(=O)(=O)NC2CCOC2C2CC2)CC1. The van der Waals surface area contributed by atoms with Crippen LogP contribution in [0.2, 0.25) is 0 Å². The van der Waals surface area contributed by atoms with Crippen LogP contribution in [0.5, 0.6) is 0 Å². The minimum Gasteiger partial charge on any atom is -0.376 e. The monoisotopic (exact) mass is 303 g/mol. The van der Waals surface area contributed by atoms with Crippen molar-refractivity contribution in [3.8, 4) is 0 Å². The standard InChI is InChI=1S/C13H25N3O3S/c14-9-10-3-6-16(7-4-10)20(17,18)15-12-5-8-19-13(12)11-1-2-11/h10-13,15H,1-9,14H2. The molecule has 20 heavy (non-hydrogen) atoms. The minimum absolute atomic E-state index is 0.0419. The topological polar surface area (TPSA) is 84.7 Å². The second-order valence-corrected chi connectivity index (χ2v) is 7.97. The van der Waals surface area contributed by atoms with Crippen molar-refractivity contribution in [3.05, 3.63) is 0 Å². The van der Waals surface area contributed by atoms with E-state index in [0.717, 1.165) is 19.3 Å². The summed E-state index contributed by atoms with van der Waals surface area (Å²) in [5.74, 6) is 1.03. The molecule has 0 bridgehead atoms. The van der Waals surface area contributed by atoms with E-state index in [1.165, 1.54) is 12.8 Å². The van der Waals surface area contributed by atoms with Crippen molar-refractivity contribution in [1.82, 2.24) is 9.03 Å². The van der Waals surface area contributed by atoms with Crippen LogP contribution >= 0.6 is 0 Å². The van der Waals surface area contributed by atoms with Crippen molar-refractivity contribution in [2.45, 2.75) is 44.2 Å². The van der Waals surface area contributed by atoms with Gasteiger partial charge >= 0.3 is 0 Å². The zero-order valence-corrected chi connectivity index (χ0v) is 12.6. The van der Waals surface area contributed by atoms with Crippen LogP contribution in [0.25, 0.3) is 0 Å². The molecule has 0 amide bonds. The molecule has 2 heterocycles. The van der Waals surface area contributed by atoms with E-state index in [0.29, 0.717) is 38.1 Å². The number of rotatable bonds is 5. The lowest BCUT2D eigenvalue weighted by atomic mass is 9.99. The largest absolute Gasteiger partial charge is 0.376 e. The maximum absolute atomic E-state index is 12.5. The average Bonchev–Trinajstić information content (AvgIpc) is 3.19. The van der Waals surface area contributed by atoms with Gasteiger partial charge in [0.25, 0.3) is 10.2 Å². The van der Waals surface area contributed by atoms with Gasteiger partial charge in [0.2, 0.25) is 0 Å². The third kappa shape index (κ3) is 3.17. The zero-order valence-electron chi connectivity index (χ0n) is 11.8. The summed E-state index contributed by atoms with van der Waals surface area (Å²) in [5, 5.41) is 0. The Labute approximate surface area is 121 Å². The minimum atomic E-state index is -3.37. The highest BCUT2D eigenvalue weighted by atomic mass is 32.2. The second-order valence-electron chi connectivity index (χ2n) is 6.27. The summed E-state index contributed by atoms with van der Waals surface area (Å²) in [6.07, 6.45) is 4.95. The first-order chi connectivity index (χ1) is 9.60. The summed E-state index contributed by atoms with van der Waals surface area (Å²) >= 11 is 0. The van der Waals surface area contributed by atoms with Gasteiger partial charge in [0.15, 0.2) is 0 Å². The van der Waals surface area contributed by atoms with Gasteiger partial charge in [-0.1, -0.05) is 0 Å². The van der Waals surface area contributed by atoms with E-state index in [9.17, 15) is 8.42 Å². The number of nitrogens with one attached hydrogen (secondary N) is 1. The summed E-state index contributed by atoms with van der Waals surface area (Å²) in [6.45, 7) is 2.49. The first-order valence-electron chi connectivity index (χ1n) is 7.69. The molecule has 116 valence electrons. The van der Waals surface area contributed by atoms with Crippen LogP contribution in [0.3, 0.4) is 0 Å². The van der Waals surface area contributed by atoms with Gasteiger partial charge in [0.05, 0.1) is 12.1 Å². The van der Waals surface area contributed by atoms with Gasteiger partial charge in [-0.3, -0.25) is 0 Å². The van der Waals surface area contributed by atoms with Crippen LogP contribution in [-0.4, -0.2) is 51.1 Å². The molecule has 0 aromatic heterocycles. The van der Waals surface area contributed by atoms with Crippen molar-refractivity contribution >= 4 is 10.2 Å². The van der Waals surface area contributed by atoms with E-state index in [1.807, 2.05) is 0 Å². The summed E-state index contributed by atoms with van der Waals surface area (Å²) < 4.78 is 35.0. The Hall–Kier alpha value is -0.210. The molecule has 3 aliphatic rings. The van der Waals surface area contributed by atoms with Crippen molar-refractivity contribution in [1.29, 1.82) is 0 Å². The number of nitrogens with two attached hydrogens (primary N) is 1. The quantitative estimate of drug-likeness (QED) is 0.752. The van der Waals surface area contributed by atoms with Crippen LogP contribution in [0.4, 0.5) is 0 Å². The van der Waals surface area contributed by atoms with Gasteiger partial charge in [0.1, 0.15) is 0 Å². The smallest absolute Gasteiger partial charge is 0.279 e. The molecular weight excluding hydrogens is 278 g/mol. The molecule has 3 rings (SSSR count). The van der Waals surface area contributed by atoms with E-state index in [1.54, 1.807) is 4.31 Å². The Balaban J connectivity index is 1.58. The Bertz CT molecular complexity index is 430. The number of piperidine rings is 1. The second kappa shape index (κ2) is 5.88. The number of hydrogen-bond acceptors (Lipinski definition) is 4. The summed E-state index contributed by atoms with van der Waals surface area (Å²) in [5.41, 5.74) is 5.65. The lowest BCUT2D eigenvalue weighted by Crippen LogP contribution is -2.51. The molecule has 2 unspecified atom stereocenters. The van der Waals surface area contributed by atoms with Crippen molar-refractivity contribution in [2.75, 3.05) is 26.2 Å². The van der Waals surface area contributed by atoms with Gasteiger partial charge < -0.3 is 10.5 Å². The van der Waals surface area contributed by atoms with Crippen molar-refractivity contribution in [3.63, 3.8) is 0 Å². The highest BCUT2D eigenvalue weighted by Crippen LogP contribution is 2.39. The van der Waals surface area contributed by atoms with Gasteiger partial charge in [-0.2, -0.15) is 17.4 Å². The average molecular weight is 303 g/mol. The van der Waals surface area contributed by atoms with Gasteiger partial charge in [-0.25, -0.2) is 0 Å². The van der Waals surface area contributed by atoms with Gasteiger partial charge in [-0.15, -0.1) is 0 Å². The van der Waals surface area contributed by atoms with Crippen LogP contribution < -0.4 is 10.5 Å². The van der Waals surface area contributed by atoms with Crippen LogP contribution in [0.1, 0.15) is 32.1 Å². The van der Waals surface area contributed by atoms with E-state index >= 15 is 0 Å². The molecular formula is C13H25N3O3S. The summed E-state index contributed by atoms with van der Waals surface area (Å²) in [4.78, 5) is 0. The molecule has 0 aromatic carbocycles. The van der Waals surface area contributed by atoms with Crippen molar-refractivity contribution < 1.29 is 13.2 Å². The fourth-order valence-electron chi connectivity index (χ4n) is 3.28. The predicted octanol–water partition coefficient (Wildman–Crippen LogP) is 0.0590. The molecule has 0 aromatic rings. The third-order valence-electron chi connectivity index (χ3n) is 4.77. The van der Waals surface area contributed by atoms with Crippen LogP contribution in [0, 0.1) is 11.8 Å². The summed E-state index contributed by atoms with van der Waals surface area (Å²) in [6, 6.07) is -0.0419. The fraction of sp³-hybridized carbons (Fsp3) is 1.00. The lowest BCUT2D eigenvalue weighted by Gasteiger charge is -2.32. The molecule has 3 N–H and O–H groups in total. The third-order valence-corrected chi connectivity index (χ3v) is 6.42. The number of hydrogen-bond donors (Lipinski definition) is 2. The van der Waals surface area contributed by atoms with E-state index in [2.05, 4.69) is 4.72 Å². The molecule has 6 nitrogen and oxygen atoms in total. The van der Waals surface area contributed by atoms with Gasteiger partial charge in [-0.05, 0) is 50.5 Å². The van der Waals surface area contributed by atoms with Crippen LogP contribution in [-0.2, 0) is 14.9 Å². The summed E-state index contributed by atoms with van der Waals surface area (Å²) in [7, 11) is -3.37. The number of ether oxygens (including phenoxy) is 1.